The standard InChI is InChI=1S/C14H11FN2O2S2/c1-21(18)13-7-10-14(20-13)12(4-5-17-10)19-11-3-2-8(16)6-9(11)15/h2-7H,16H2,1H3. The van der Waals surface area contributed by atoms with Gasteiger partial charge >= 0.3 is 0 Å². The molecule has 0 aliphatic carbocycles. The zero-order valence-electron chi connectivity index (χ0n) is 11.0. The van der Waals surface area contributed by atoms with Crippen molar-refractivity contribution in [3.05, 3.63) is 42.3 Å². The van der Waals surface area contributed by atoms with Crippen LogP contribution in [0.4, 0.5) is 10.1 Å². The van der Waals surface area contributed by atoms with Crippen LogP contribution in [-0.2, 0) is 11.2 Å². The Kier molecular flexibility index (Phi) is 3.71. The molecule has 2 aromatic heterocycles. The van der Waals surface area contributed by atoms with E-state index in [0.717, 1.165) is 4.70 Å². The van der Waals surface area contributed by atoms with Gasteiger partial charge in [0.2, 0.25) is 4.21 Å². The number of pyridine rings is 1. The van der Waals surface area contributed by atoms with Crippen molar-refractivity contribution in [2.45, 2.75) is 4.21 Å². The zero-order valence-corrected chi connectivity index (χ0v) is 12.6. The Balaban J connectivity index is 2.04. The number of aromatic nitrogens is 1. The molecule has 21 heavy (non-hydrogen) atoms. The quantitative estimate of drug-likeness (QED) is 0.591. The number of nitrogen functional groups attached to an aromatic ring is 1. The van der Waals surface area contributed by atoms with E-state index in [1.54, 1.807) is 30.7 Å². The average Bonchev–Trinajstić information content (AvgIpc) is 2.87. The fraction of sp³-hybridized carbons (Fsp3) is 0.0714. The first kappa shape index (κ1) is 14.1. The van der Waals surface area contributed by atoms with Crippen LogP contribution in [-0.4, -0.2) is 15.8 Å². The average molecular weight is 322 g/mol. The molecule has 7 heteroatoms. The summed E-state index contributed by atoms with van der Waals surface area (Å²) in [5, 5.41) is 0. The number of nitrogens with two attached hydrogens (primary N) is 1. The van der Waals surface area contributed by atoms with Crippen LogP contribution in [0, 0.1) is 5.82 Å². The Morgan fingerprint density at radius 2 is 2.10 bits per heavy atom. The van der Waals surface area contributed by atoms with Crippen LogP contribution in [0.15, 0.2) is 40.7 Å². The van der Waals surface area contributed by atoms with Gasteiger partial charge in [0, 0.05) is 30.1 Å². The molecule has 1 atom stereocenters. The molecule has 108 valence electrons. The van der Waals surface area contributed by atoms with E-state index >= 15 is 0 Å². The maximum absolute atomic E-state index is 13.8. The van der Waals surface area contributed by atoms with Gasteiger partial charge < -0.3 is 15.0 Å². The molecule has 4 nitrogen and oxygen atoms in total. The number of thiophene rings is 1. The second-order valence-electron chi connectivity index (χ2n) is 4.33. The number of nitrogens with zero attached hydrogens (tertiary/aromatic N) is 1. The van der Waals surface area contributed by atoms with Crippen molar-refractivity contribution in [1.82, 2.24) is 4.98 Å². The zero-order chi connectivity index (χ0) is 15.0. The van der Waals surface area contributed by atoms with Crippen LogP contribution in [0.2, 0.25) is 0 Å². The highest BCUT2D eigenvalue weighted by Crippen LogP contribution is 2.37. The minimum Gasteiger partial charge on any atom is -0.611 e. The van der Waals surface area contributed by atoms with Crippen LogP contribution in [0.25, 0.3) is 10.2 Å². The summed E-state index contributed by atoms with van der Waals surface area (Å²) in [7, 11) is 0. The van der Waals surface area contributed by atoms with Gasteiger partial charge in [0.1, 0.15) is 16.7 Å². The molecule has 0 amide bonds. The second-order valence-corrected chi connectivity index (χ2v) is 6.99. The first-order valence-electron chi connectivity index (χ1n) is 5.99. The van der Waals surface area contributed by atoms with Crippen molar-refractivity contribution < 1.29 is 13.7 Å². The van der Waals surface area contributed by atoms with Crippen molar-refractivity contribution >= 4 is 38.4 Å². The molecule has 2 heterocycles. The second kappa shape index (κ2) is 5.51. The third kappa shape index (κ3) is 2.80. The number of benzene rings is 1. The van der Waals surface area contributed by atoms with E-state index < -0.39 is 17.0 Å². The number of hydrogen-bond acceptors (Lipinski definition) is 5. The molecule has 3 rings (SSSR count). The van der Waals surface area contributed by atoms with Crippen LogP contribution >= 0.6 is 11.3 Å². The van der Waals surface area contributed by atoms with Gasteiger partial charge in [0.25, 0.3) is 0 Å². The first-order valence-corrected chi connectivity index (χ1v) is 8.37. The summed E-state index contributed by atoms with van der Waals surface area (Å²) in [5.74, 6) is 0.0328. The summed E-state index contributed by atoms with van der Waals surface area (Å²) in [6, 6.07) is 7.65. The lowest BCUT2D eigenvalue weighted by Gasteiger charge is -2.07. The van der Waals surface area contributed by atoms with Crippen molar-refractivity contribution in [3.63, 3.8) is 0 Å². The molecule has 2 N–H and O–H groups in total. The highest BCUT2D eigenvalue weighted by molar-refractivity contribution is 7.92. The Bertz CT molecular complexity index is 805. The summed E-state index contributed by atoms with van der Waals surface area (Å²) in [4.78, 5) is 4.21. The lowest BCUT2D eigenvalue weighted by molar-refractivity contribution is 0.447. The van der Waals surface area contributed by atoms with Crippen molar-refractivity contribution in [2.75, 3.05) is 12.0 Å². The number of anilines is 1. The highest BCUT2D eigenvalue weighted by atomic mass is 32.2. The molecular weight excluding hydrogens is 311 g/mol. The highest BCUT2D eigenvalue weighted by Gasteiger charge is 2.15. The minimum atomic E-state index is -1.09. The number of fused-ring (bicyclic) bond motifs is 1. The Hall–Kier alpha value is -1.83. The van der Waals surface area contributed by atoms with Crippen LogP contribution < -0.4 is 10.5 Å². The van der Waals surface area contributed by atoms with Gasteiger partial charge in [-0.3, -0.25) is 4.98 Å². The third-order valence-corrected chi connectivity index (χ3v) is 5.38. The molecule has 0 saturated heterocycles. The van der Waals surface area contributed by atoms with Crippen molar-refractivity contribution in [2.24, 2.45) is 0 Å². The summed E-state index contributed by atoms with van der Waals surface area (Å²) in [6.07, 6.45) is 3.17. The van der Waals surface area contributed by atoms with Gasteiger partial charge in [-0.1, -0.05) is 11.3 Å². The maximum Gasteiger partial charge on any atom is 0.209 e. The van der Waals surface area contributed by atoms with Gasteiger partial charge in [0.15, 0.2) is 11.6 Å². The normalized spacial score (nSPS) is 12.5. The number of ether oxygens (including phenoxy) is 1. The van der Waals surface area contributed by atoms with E-state index in [0.29, 0.717) is 21.2 Å². The summed E-state index contributed by atoms with van der Waals surface area (Å²) in [5.41, 5.74) is 6.52. The molecule has 0 spiro atoms. The first-order chi connectivity index (χ1) is 10.0. The van der Waals surface area contributed by atoms with E-state index in [9.17, 15) is 8.94 Å². The van der Waals surface area contributed by atoms with E-state index in [2.05, 4.69) is 4.98 Å². The minimum absolute atomic E-state index is 0.0873. The Labute approximate surface area is 127 Å². The predicted octanol–water partition coefficient (Wildman–Crippen LogP) is 3.55. The molecule has 0 saturated carbocycles. The van der Waals surface area contributed by atoms with E-state index in [1.807, 2.05) is 0 Å². The van der Waals surface area contributed by atoms with E-state index in [-0.39, 0.29) is 5.75 Å². The van der Waals surface area contributed by atoms with Gasteiger partial charge in [0.05, 0.1) is 5.52 Å². The Morgan fingerprint density at radius 3 is 2.81 bits per heavy atom. The van der Waals surface area contributed by atoms with Crippen molar-refractivity contribution in [3.8, 4) is 11.5 Å². The molecule has 0 aliphatic rings. The molecular formula is C14H11FN2O2S2. The lowest BCUT2D eigenvalue weighted by Crippen LogP contribution is -1.92. The van der Waals surface area contributed by atoms with Crippen LogP contribution in [0.3, 0.4) is 0 Å². The monoisotopic (exact) mass is 322 g/mol. The third-order valence-electron chi connectivity index (χ3n) is 2.81. The topological polar surface area (TPSA) is 71.2 Å². The van der Waals surface area contributed by atoms with Crippen LogP contribution in [0.1, 0.15) is 0 Å². The molecule has 0 aliphatic heterocycles. The Morgan fingerprint density at radius 1 is 1.29 bits per heavy atom. The largest absolute Gasteiger partial charge is 0.611 e. The SMILES string of the molecule is C[S+]([O-])c1cc2nccc(Oc3ccc(N)cc3F)c2s1. The van der Waals surface area contributed by atoms with Gasteiger partial charge in [-0.2, -0.15) is 0 Å². The fourth-order valence-corrected chi connectivity index (χ4v) is 3.63. The molecule has 0 radical (unpaired) electrons. The summed E-state index contributed by atoms with van der Waals surface area (Å²) in [6.45, 7) is 0. The number of hydrogen-bond donors (Lipinski definition) is 1. The van der Waals surface area contributed by atoms with E-state index in [1.165, 1.54) is 23.5 Å². The van der Waals surface area contributed by atoms with Gasteiger partial charge in [-0.25, -0.2) is 4.39 Å². The number of rotatable bonds is 3. The molecule has 1 unspecified atom stereocenters. The predicted molar refractivity (Wildman–Crippen MR) is 82.8 cm³/mol. The maximum atomic E-state index is 13.8. The molecule has 1 aromatic carbocycles. The molecule has 0 bridgehead atoms. The van der Waals surface area contributed by atoms with E-state index in [4.69, 9.17) is 10.5 Å². The molecule has 0 fully saturated rings. The smallest absolute Gasteiger partial charge is 0.209 e. The summed E-state index contributed by atoms with van der Waals surface area (Å²) < 4.78 is 32.4. The number of halogens is 1. The van der Waals surface area contributed by atoms with Gasteiger partial charge in [-0.05, 0) is 23.3 Å². The lowest BCUT2D eigenvalue weighted by atomic mass is 10.3. The van der Waals surface area contributed by atoms with Crippen molar-refractivity contribution in [1.29, 1.82) is 0 Å². The van der Waals surface area contributed by atoms with Gasteiger partial charge in [-0.15, -0.1) is 0 Å². The molecule has 3 aromatic rings. The fourth-order valence-electron chi connectivity index (χ4n) is 1.83. The summed E-state index contributed by atoms with van der Waals surface area (Å²) >= 11 is 0.234. The van der Waals surface area contributed by atoms with Crippen LogP contribution in [0.5, 0.6) is 11.5 Å².